The Hall–Kier alpha value is -3.63. The van der Waals surface area contributed by atoms with Crippen molar-refractivity contribution in [2.75, 3.05) is 37.3 Å². The van der Waals surface area contributed by atoms with Gasteiger partial charge in [-0.2, -0.15) is 18.4 Å². The number of benzene rings is 1. The van der Waals surface area contributed by atoms with Crippen LogP contribution in [0.2, 0.25) is 0 Å². The molecule has 13 heteroatoms. The van der Waals surface area contributed by atoms with E-state index in [1.807, 2.05) is 11.9 Å². The summed E-state index contributed by atoms with van der Waals surface area (Å²) in [5, 5.41) is 16.9. The van der Waals surface area contributed by atoms with Crippen molar-refractivity contribution in [1.82, 2.24) is 14.8 Å². The molecule has 206 valence electrons. The number of thiazole rings is 1. The van der Waals surface area contributed by atoms with Crippen LogP contribution in [0.5, 0.6) is 0 Å². The molecule has 1 aromatic carbocycles. The summed E-state index contributed by atoms with van der Waals surface area (Å²) in [4.78, 5) is 39.3. The minimum absolute atomic E-state index is 0.0460. The highest BCUT2D eigenvalue weighted by molar-refractivity contribution is 7.07. The molecule has 0 atom stereocenters. The third-order valence-corrected chi connectivity index (χ3v) is 6.37. The maximum atomic E-state index is 12.8. The van der Waals surface area contributed by atoms with E-state index in [0.717, 1.165) is 28.9 Å². The summed E-state index contributed by atoms with van der Waals surface area (Å²) in [5.41, 5.74) is 0.0110. The minimum Gasteiger partial charge on any atom is -0.360 e. The van der Waals surface area contributed by atoms with Crippen LogP contribution in [-0.2, 0) is 16.1 Å². The summed E-state index contributed by atoms with van der Waals surface area (Å²) < 4.78 is 38.7. The SMILES string of the molecule is CCn1c(=O)/c(=C\Nc2cccc(NC(=O)CN(C)CCC(C)C)c2)s/c1=C(/C#N)C(=O)NCC(F)(F)F. The van der Waals surface area contributed by atoms with Gasteiger partial charge in [-0.15, -0.1) is 11.3 Å². The van der Waals surface area contributed by atoms with Crippen LogP contribution in [0.4, 0.5) is 24.5 Å². The first-order valence-electron chi connectivity index (χ1n) is 11.9. The van der Waals surface area contributed by atoms with E-state index in [0.29, 0.717) is 17.3 Å². The van der Waals surface area contributed by atoms with Crippen molar-refractivity contribution in [2.24, 2.45) is 5.92 Å². The normalized spacial score (nSPS) is 12.9. The first-order valence-corrected chi connectivity index (χ1v) is 12.7. The Morgan fingerprint density at radius 3 is 2.55 bits per heavy atom. The summed E-state index contributed by atoms with van der Waals surface area (Å²) in [6.07, 6.45) is -2.28. The molecule has 38 heavy (non-hydrogen) atoms. The van der Waals surface area contributed by atoms with E-state index >= 15 is 0 Å². The zero-order chi connectivity index (χ0) is 28.5. The molecule has 1 heterocycles. The zero-order valence-corrected chi connectivity index (χ0v) is 22.4. The van der Waals surface area contributed by atoms with E-state index in [4.69, 9.17) is 0 Å². The number of aromatic nitrogens is 1. The predicted molar refractivity (Wildman–Crippen MR) is 142 cm³/mol. The van der Waals surface area contributed by atoms with Crippen LogP contribution in [0.3, 0.4) is 0 Å². The van der Waals surface area contributed by atoms with E-state index < -0.39 is 29.8 Å². The topological polar surface area (TPSA) is 119 Å². The summed E-state index contributed by atoms with van der Waals surface area (Å²) in [6, 6.07) is 8.43. The smallest absolute Gasteiger partial charge is 0.360 e. The van der Waals surface area contributed by atoms with Crippen molar-refractivity contribution in [3.8, 4) is 6.07 Å². The van der Waals surface area contributed by atoms with Crippen LogP contribution in [0.25, 0.3) is 11.8 Å². The molecule has 0 aliphatic rings. The highest BCUT2D eigenvalue weighted by Gasteiger charge is 2.28. The molecular weight excluding hydrogens is 521 g/mol. The molecule has 0 saturated carbocycles. The van der Waals surface area contributed by atoms with Gasteiger partial charge in [0.15, 0.2) is 5.57 Å². The molecule has 0 radical (unpaired) electrons. The Kier molecular flexibility index (Phi) is 11.1. The maximum Gasteiger partial charge on any atom is 0.405 e. The predicted octanol–water partition coefficient (Wildman–Crippen LogP) is 2.05. The van der Waals surface area contributed by atoms with Gasteiger partial charge in [-0.25, -0.2) is 0 Å². The minimum atomic E-state index is -4.64. The lowest BCUT2D eigenvalue weighted by Gasteiger charge is -2.17. The first kappa shape index (κ1) is 30.6. The first-order chi connectivity index (χ1) is 17.8. The Morgan fingerprint density at radius 2 is 1.95 bits per heavy atom. The lowest BCUT2D eigenvalue weighted by molar-refractivity contribution is -0.135. The average Bonchev–Trinajstić information content (AvgIpc) is 3.15. The number of carbonyl (C=O) groups is 2. The van der Waals surface area contributed by atoms with Crippen LogP contribution >= 0.6 is 11.3 Å². The standard InChI is InChI=1S/C25H31F3N6O3S/c1-5-34-23(37)20(38-24(34)19(12-29)22(36)31-15-25(26,27)28)13-30-17-7-6-8-18(11-17)32-21(35)14-33(4)10-9-16(2)3/h6-8,11,13,16,30H,5,9-10,14-15H2,1-4H3,(H,31,36)(H,32,35)/b20-13+,24-19-. The molecule has 1 aromatic heterocycles. The van der Waals surface area contributed by atoms with E-state index in [9.17, 15) is 32.8 Å². The number of likely N-dealkylation sites (N-methyl/N-ethyl adjacent to an activating group) is 1. The lowest BCUT2D eigenvalue weighted by atomic mass is 10.1. The summed E-state index contributed by atoms with van der Waals surface area (Å²) in [6.45, 7) is 5.39. The van der Waals surface area contributed by atoms with Gasteiger partial charge >= 0.3 is 6.18 Å². The number of hydrogen-bond acceptors (Lipinski definition) is 7. The van der Waals surface area contributed by atoms with Crippen molar-refractivity contribution in [2.45, 2.75) is 39.9 Å². The molecule has 0 fully saturated rings. The number of hydrogen-bond donors (Lipinski definition) is 3. The van der Waals surface area contributed by atoms with Gasteiger partial charge < -0.3 is 16.0 Å². The highest BCUT2D eigenvalue weighted by atomic mass is 32.1. The number of halogens is 3. The average molecular weight is 553 g/mol. The third-order valence-electron chi connectivity index (χ3n) is 5.24. The second kappa shape index (κ2) is 13.8. The van der Waals surface area contributed by atoms with E-state index in [2.05, 4.69) is 24.5 Å². The van der Waals surface area contributed by atoms with Crippen molar-refractivity contribution in [3.05, 3.63) is 43.8 Å². The van der Waals surface area contributed by atoms with Gasteiger partial charge in [0.2, 0.25) is 5.91 Å². The number of amides is 2. The van der Waals surface area contributed by atoms with Crippen LogP contribution in [0, 0.1) is 17.2 Å². The Morgan fingerprint density at radius 1 is 1.26 bits per heavy atom. The van der Waals surface area contributed by atoms with Gasteiger partial charge in [0.1, 0.15) is 21.8 Å². The van der Waals surface area contributed by atoms with Crippen LogP contribution in [-0.4, -0.2) is 54.1 Å². The number of rotatable bonds is 11. The molecule has 2 rings (SSSR count). The van der Waals surface area contributed by atoms with Gasteiger partial charge in [-0.05, 0) is 51.1 Å². The lowest BCUT2D eigenvalue weighted by Crippen LogP contribution is -2.37. The second-order valence-corrected chi connectivity index (χ2v) is 9.97. The van der Waals surface area contributed by atoms with Crippen molar-refractivity contribution < 1.29 is 22.8 Å². The van der Waals surface area contributed by atoms with E-state index in [1.54, 1.807) is 42.6 Å². The van der Waals surface area contributed by atoms with Crippen LogP contribution < -0.4 is 30.7 Å². The molecular formula is C25H31F3N6O3S. The molecule has 0 aliphatic carbocycles. The number of carbonyl (C=O) groups excluding carboxylic acids is 2. The highest BCUT2D eigenvalue weighted by Crippen LogP contribution is 2.15. The monoisotopic (exact) mass is 552 g/mol. The number of nitrogens with one attached hydrogen (secondary N) is 3. The van der Waals surface area contributed by atoms with Gasteiger partial charge in [0, 0.05) is 24.1 Å². The molecule has 3 N–H and O–H groups in total. The largest absolute Gasteiger partial charge is 0.405 e. The Labute approximate surface area is 222 Å². The van der Waals surface area contributed by atoms with Crippen molar-refractivity contribution in [1.29, 1.82) is 5.26 Å². The molecule has 2 amide bonds. The van der Waals surface area contributed by atoms with Crippen LogP contribution in [0.1, 0.15) is 27.2 Å². The van der Waals surface area contributed by atoms with E-state index in [1.165, 1.54) is 6.20 Å². The van der Waals surface area contributed by atoms with Gasteiger partial charge in [-0.3, -0.25) is 23.9 Å². The number of anilines is 2. The number of nitrogens with zero attached hydrogens (tertiary/aromatic N) is 3. The van der Waals surface area contributed by atoms with Crippen molar-refractivity contribution in [3.63, 3.8) is 0 Å². The molecule has 0 saturated heterocycles. The second-order valence-electron chi connectivity index (χ2n) is 8.94. The van der Waals surface area contributed by atoms with Crippen molar-refractivity contribution >= 4 is 46.3 Å². The quantitative estimate of drug-likeness (QED) is 0.393. The molecule has 2 aromatic rings. The molecule has 0 aliphatic heterocycles. The number of alkyl halides is 3. The summed E-state index contributed by atoms with van der Waals surface area (Å²) in [5.74, 6) is -0.850. The third kappa shape index (κ3) is 9.35. The van der Waals surface area contributed by atoms with Gasteiger partial charge in [-0.1, -0.05) is 19.9 Å². The fraction of sp³-hybridized carbons (Fsp3) is 0.440. The van der Waals surface area contributed by atoms with Crippen LogP contribution in [0.15, 0.2) is 29.1 Å². The van der Waals surface area contributed by atoms with Gasteiger partial charge in [0.25, 0.3) is 11.5 Å². The fourth-order valence-electron chi connectivity index (χ4n) is 3.30. The molecule has 9 nitrogen and oxygen atoms in total. The maximum absolute atomic E-state index is 12.8. The summed E-state index contributed by atoms with van der Waals surface area (Å²) in [7, 11) is 1.88. The molecule has 0 spiro atoms. The Bertz CT molecular complexity index is 1360. The zero-order valence-electron chi connectivity index (χ0n) is 21.6. The molecule has 0 bridgehead atoms. The summed E-state index contributed by atoms with van der Waals surface area (Å²) >= 11 is 0.808. The Balaban J connectivity index is 2.24. The fourth-order valence-corrected chi connectivity index (χ4v) is 4.38. The van der Waals surface area contributed by atoms with E-state index in [-0.39, 0.29) is 28.2 Å². The number of nitriles is 1. The molecule has 0 unspecified atom stereocenters. The van der Waals surface area contributed by atoms with Gasteiger partial charge in [0.05, 0.1) is 6.54 Å².